The van der Waals surface area contributed by atoms with Gasteiger partial charge in [0, 0.05) is 0 Å². The molecule has 0 saturated heterocycles. The monoisotopic (exact) mass is 342 g/mol. The summed E-state index contributed by atoms with van der Waals surface area (Å²) in [5.74, 6) is -0.597. The summed E-state index contributed by atoms with van der Waals surface area (Å²) in [5, 5.41) is -0.323. The second kappa shape index (κ2) is 5.69. The number of nitrogens with zero attached hydrogens (tertiary/aromatic N) is 4. The second-order valence-corrected chi connectivity index (χ2v) is 5.09. The minimum atomic E-state index is -4.67. The summed E-state index contributed by atoms with van der Waals surface area (Å²) in [7, 11) is 1.55. The average Bonchev–Trinajstić information content (AvgIpc) is 2.91. The molecule has 0 amide bonds. The van der Waals surface area contributed by atoms with Crippen molar-refractivity contribution < 1.29 is 17.9 Å². The summed E-state index contributed by atoms with van der Waals surface area (Å²) >= 11 is 5.78. The first kappa shape index (κ1) is 15.5. The van der Waals surface area contributed by atoms with Crippen molar-refractivity contribution in [2.45, 2.75) is 12.7 Å². The van der Waals surface area contributed by atoms with Crippen molar-refractivity contribution in [1.29, 1.82) is 0 Å². The van der Waals surface area contributed by atoms with Gasteiger partial charge < -0.3 is 9.30 Å². The van der Waals surface area contributed by atoms with E-state index in [1.54, 1.807) is 31.4 Å². The fraction of sp³-hybridized carbons (Fsp3) is 0.214. The lowest BCUT2D eigenvalue weighted by atomic mass is 10.2. The first-order valence-corrected chi connectivity index (χ1v) is 6.85. The number of ether oxygens (including phenoxy) is 1. The smallest absolute Gasteiger partial charge is 0.451 e. The zero-order valence-electron chi connectivity index (χ0n) is 11.8. The maximum Gasteiger partial charge on any atom is 0.451 e. The van der Waals surface area contributed by atoms with Gasteiger partial charge >= 0.3 is 6.18 Å². The molecule has 0 aliphatic rings. The Morgan fingerprint density at radius 3 is 2.48 bits per heavy atom. The van der Waals surface area contributed by atoms with Gasteiger partial charge in [0.1, 0.15) is 11.3 Å². The number of aromatic nitrogens is 4. The largest absolute Gasteiger partial charge is 0.497 e. The maximum atomic E-state index is 12.8. The standard InChI is InChI=1S/C14H10ClF3N4O/c1-23-9-4-2-8(3-5-9)6-22-7-19-10-11(15)20-13(14(16,17)18)21-12(10)22/h2-5,7H,6H2,1H3. The molecule has 3 aromatic rings. The molecule has 0 radical (unpaired) electrons. The molecule has 0 aliphatic heterocycles. The van der Waals surface area contributed by atoms with Crippen LogP contribution in [0.5, 0.6) is 5.75 Å². The highest BCUT2D eigenvalue weighted by molar-refractivity contribution is 6.33. The average molecular weight is 343 g/mol. The summed E-state index contributed by atoms with van der Waals surface area (Å²) in [4.78, 5) is 10.8. The van der Waals surface area contributed by atoms with Gasteiger partial charge in [-0.25, -0.2) is 15.0 Å². The Kier molecular flexibility index (Phi) is 3.85. The summed E-state index contributed by atoms with van der Waals surface area (Å²) in [6.45, 7) is 0.297. The van der Waals surface area contributed by atoms with Crippen LogP contribution in [-0.4, -0.2) is 26.6 Å². The van der Waals surface area contributed by atoms with E-state index >= 15 is 0 Å². The first-order valence-electron chi connectivity index (χ1n) is 6.47. The minimum Gasteiger partial charge on any atom is -0.497 e. The molecule has 0 fully saturated rings. The van der Waals surface area contributed by atoms with Crippen LogP contribution in [0.3, 0.4) is 0 Å². The van der Waals surface area contributed by atoms with Crippen molar-refractivity contribution >= 4 is 22.8 Å². The first-order chi connectivity index (χ1) is 10.9. The molecule has 120 valence electrons. The van der Waals surface area contributed by atoms with Crippen LogP contribution in [0, 0.1) is 0 Å². The Balaban J connectivity index is 2.02. The van der Waals surface area contributed by atoms with Gasteiger partial charge in [-0.15, -0.1) is 0 Å². The van der Waals surface area contributed by atoms with Gasteiger partial charge in [0.05, 0.1) is 20.0 Å². The third-order valence-electron chi connectivity index (χ3n) is 3.19. The highest BCUT2D eigenvalue weighted by Crippen LogP contribution is 2.29. The van der Waals surface area contributed by atoms with Gasteiger partial charge in [-0.1, -0.05) is 23.7 Å². The number of fused-ring (bicyclic) bond motifs is 1. The van der Waals surface area contributed by atoms with Gasteiger partial charge in [0.25, 0.3) is 0 Å². The predicted molar refractivity (Wildman–Crippen MR) is 77.4 cm³/mol. The molecule has 0 saturated carbocycles. The van der Waals surface area contributed by atoms with Crippen molar-refractivity contribution in [1.82, 2.24) is 19.5 Å². The van der Waals surface area contributed by atoms with Crippen molar-refractivity contribution in [3.63, 3.8) is 0 Å². The highest BCUT2D eigenvalue weighted by Gasteiger charge is 2.36. The molecule has 2 heterocycles. The summed E-state index contributed by atoms with van der Waals surface area (Å²) in [6.07, 6.45) is -3.29. The van der Waals surface area contributed by atoms with Crippen LogP contribution < -0.4 is 4.74 Å². The molecule has 0 unspecified atom stereocenters. The summed E-state index contributed by atoms with van der Waals surface area (Å²) in [6, 6.07) is 7.13. The van der Waals surface area contributed by atoms with E-state index < -0.39 is 12.0 Å². The van der Waals surface area contributed by atoms with Crippen molar-refractivity contribution in [3.05, 3.63) is 47.1 Å². The lowest BCUT2D eigenvalue weighted by Gasteiger charge is -2.08. The van der Waals surface area contributed by atoms with E-state index in [0.717, 1.165) is 5.56 Å². The topological polar surface area (TPSA) is 52.8 Å². The molecular weight excluding hydrogens is 333 g/mol. The SMILES string of the molecule is COc1ccc(Cn2cnc3c(Cl)nc(C(F)(F)F)nc32)cc1. The molecule has 0 atom stereocenters. The lowest BCUT2D eigenvalue weighted by molar-refractivity contribution is -0.144. The zero-order valence-corrected chi connectivity index (χ0v) is 12.6. The van der Waals surface area contributed by atoms with Crippen molar-refractivity contribution in [2.24, 2.45) is 0 Å². The van der Waals surface area contributed by atoms with E-state index in [1.807, 2.05) is 0 Å². The zero-order chi connectivity index (χ0) is 16.6. The molecule has 0 bridgehead atoms. The Morgan fingerprint density at radius 2 is 1.87 bits per heavy atom. The Hall–Kier alpha value is -2.35. The van der Waals surface area contributed by atoms with Gasteiger partial charge in [-0.2, -0.15) is 13.2 Å². The maximum absolute atomic E-state index is 12.8. The van der Waals surface area contributed by atoms with E-state index in [4.69, 9.17) is 16.3 Å². The molecule has 23 heavy (non-hydrogen) atoms. The fourth-order valence-corrected chi connectivity index (χ4v) is 2.29. The number of imidazole rings is 1. The summed E-state index contributed by atoms with van der Waals surface area (Å²) in [5.41, 5.74) is 1.02. The van der Waals surface area contributed by atoms with Gasteiger partial charge in [0.15, 0.2) is 10.8 Å². The van der Waals surface area contributed by atoms with Gasteiger partial charge in [0.2, 0.25) is 5.82 Å². The Morgan fingerprint density at radius 1 is 1.17 bits per heavy atom. The molecular formula is C14H10ClF3N4O. The molecule has 0 N–H and O–H groups in total. The number of halogens is 4. The van der Waals surface area contributed by atoms with Gasteiger partial charge in [-0.05, 0) is 17.7 Å². The van der Waals surface area contributed by atoms with E-state index in [2.05, 4.69) is 15.0 Å². The molecule has 2 aromatic heterocycles. The third-order valence-corrected chi connectivity index (χ3v) is 3.45. The lowest BCUT2D eigenvalue weighted by Crippen LogP contribution is -2.12. The molecule has 5 nitrogen and oxygen atoms in total. The molecule has 3 rings (SSSR count). The number of methoxy groups -OCH3 is 1. The Labute approximate surface area is 133 Å². The normalized spacial score (nSPS) is 11.9. The van der Waals surface area contributed by atoms with Crippen LogP contribution in [0.15, 0.2) is 30.6 Å². The van der Waals surface area contributed by atoms with Gasteiger partial charge in [-0.3, -0.25) is 0 Å². The number of hydrogen-bond donors (Lipinski definition) is 0. The highest BCUT2D eigenvalue weighted by atomic mass is 35.5. The van der Waals surface area contributed by atoms with Crippen LogP contribution in [0.1, 0.15) is 11.4 Å². The number of hydrogen-bond acceptors (Lipinski definition) is 4. The van der Waals surface area contributed by atoms with E-state index in [1.165, 1.54) is 10.9 Å². The van der Waals surface area contributed by atoms with Crippen LogP contribution >= 0.6 is 11.6 Å². The number of benzene rings is 1. The predicted octanol–water partition coefficient (Wildman–Crippen LogP) is 3.56. The molecule has 0 aliphatic carbocycles. The van der Waals surface area contributed by atoms with Crippen LogP contribution in [0.25, 0.3) is 11.2 Å². The fourth-order valence-electron chi connectivity index (χ4n) is 2.08. The number of rotatable bonds is 3. The van der Waals surface area contributed by atoms with Crippen LogP contribution in [0.2, 0.25) is 5.15 Å². The van der Waals surface area contributed by atoms with E-state index in [0.29, 0.717) is 12.3 Å². The quantitative estimate of drug-likeness (QED) is 0.683. The van der Waals surface area contributed by atoms with Crippen molar-refractivity contribution in [2.75, 3.05) is 7.11 Å². The molecule has 0 spiro atoms. The van der Waals surface area contributed by atoms with Crippen LogP contribution in [0.4, 0.5) is 13.2 Å². The molecule has 1 aromatic carbocycles. The van der Waals surface area contributed by atoms with Crippen LogP contribution in [-0.2, 0) is 12.7 Å². The number of alkyl halides is 3. The van der Waals surface area contributed by atoms with E-state index in [-0.39, 0.29) is 16.3 Å². The third kappa shape index (κ3) is 3.07. The van der Waals surface area contributed by atoms with E-state index in [9.17, 15) is 13.2 Å². The van der Waals surface area contributed by atoms with Crippen molar-refractivity contribution in [3.8, 4) is 5.75 Å². The minimum absolute atomic E-state index is 0.0353. The molecule has 9 heteroatoms. The summed E-state index contributed by atoms with van der Waals surface area (Å²) < 4.78 is 45.0. The second-order valence-electron chi connectivity index (χ2n) is 4.73. The Bertz CT molecular complexity index is 846.